The van der Waals surface area contributed by atoms with Crippen molar-refractivity contribution in [3.63, 3.8) is 0 Å². The quantitative estimate of drug-likeness (QED) is 0.183. The third-order valence-electron chi connectivity index (χ3n) is 3.36. The van der Waals surface area contributed by atoms with Crippen LogP contribution in [0.1, 0.15) is 32.6 Å². The first-order valence-electron chi connectivity index (χ1n) is 7.73. The van der Waals surface area contributed by atoms with Crippen LogP contribution in [-0.2, 0) is 24.0 Å². The number of aliphatic hydroxyl groups excluding tert-OH is 1. The molecule has 0 fully saturated rings. The number of carbonyl (C=O) groups is 5. The molecule has 4 unspecified atom stereocenters. The first-order chi connectivity index (χ1) is 12.0. The number of carboxylic acid groups (broad SMARTS) is 2. The van der Waals surface area contributed by atoms with Gasteiger partial charge in [0.2, 0.25) is 17.7 Å². The summed E-state index contributed by atoms with van der Waals surface area (Å²) in [6.07, 6.45) is -2.51. The molecule has 3 amide bonds. The molecule has 0 radical (unpaired) electrons. The van der Waals surface area contributed by atoms with Crippen LogP contribution in [-0.4, -0.2) is 69.2 Å². The van der Waals surface area contributed by atoms with E-state index in [1.54, 1.807) is 0 Å². The number of aliphatic hydroxyl groups is 1. The summed E-state index contributed by atoms with van der Waals surface area (Å²) in [6, 6.07) is -4.20. The molecule has 0 heterocycles. The Labute approximate surface area is 148 Å². The summed E-state index contributed by atoms with van der Waals surface area (Å²) in [4.78, 5) is 56.4. The smallest absolute Gasteiger partial charge is 0.326 e. The Hall–Kier alpha value is -2.73. The molecule has 0 aromatic carbocycles. The van der Waals surface area contributed by atoms with E-state index in [0.717, 1.165) is 0 Å². The van der Waals surface area contributed by atoms with Gasteiger partial charge in [-0.1, -0.05) is 0 Å². The summed E-state index contributed by atoms with van der Waals surface area (Å²) in [5.41, 5.74) is 10.5. The SMILES string of the molecule is CC(O)C(NC(=O)C(N)CCC(N)=O)C(=O)NC(CCC(=O)O)C(=O)O. The lowest BCUT2D eigenvalue weighted by atomic mass is 10.1. The number of amides is 3. The minimum Gasteiger partial charge on any atom is -0.481 e. The van der Waals surface area contributed by atoms with Crippen LogP contribution < -0.4 is 22.1 Å². The highest BCUT2D eigenvalue weighted by Gasteiger charge is 2.31. The van der Waals surface area contributed by atoms with E-state index in [1.165, 1.54) is 6.92 Å². The van der Waals surface area contributed by atoms with Crippen LogP contribution in [0.2, 0.25) is 0 Å². The van der Waals surface area contributed by atoms with Crippen molar-refractivity contribution >= 4 is 29.7 Å². The molecule has 148 valence electrons. The van der Waals surface area contributed by atoms with Gasteiger partial charge in [0.25, 0.3) is 0 Å². The molecule has 0 rings (SSSR count). The summed E-state index contributed by atoms with van der Waals surface area (Å²) in [5.74, 6) is -5.24. The van der Waals surface area contributed by atoms with E-state index in [4.69, 9.17) is 21.7 Å². The molecule has 0 aromatic heterocycles. The highest BCUT2D eigenvalue weighted by molar-refractivity contribution is 5.92. The maximum Gasteiger partial charge on any atom is 0.326 e. The number of hydrogen-bond donors (Lipinski definition) is 7. The molecule has 26 heavy (non-hydrogen) atoms. The summed E-state index contributed by atoms with van der Waals surface area (Å²) >= 11 is 0. The Balaban J connectivity index is 4.92. The zero-order valence-electron chi connectivity index (χ0n) is 14.2. The molecule has 9 N–H and O–H groups in total. The predicted molar refractivity (Wildman–Crippen MR) is 86.5 cm³/mol. The molecule has 12 nitrogen and oxygen atoms in total. The average molecular weight is 376 g/mol. The highest BCUT2D eigenvalue weighted by atomic mass is 16.4. The average Bonchev–Trinajstić information content (AvgIpc) is 2.52. The minimum atomic E-state index is -1.52. The molecule has 0 aliphatic heterocycles. The van der Waals surface area contributed by atoms with Gasteiger partial charge in [-0.15, -0.1) is 0 Å². The van der Waals surface area contributed by atoms with Crippen LogP contribution >= 0.6 is 0 Å². The number of hydrogen-bond acceptors (Lipinski definition) is 7. The molecule has 0 aromatic rings. The van der Waals surface area contributed by atoms with Gasteiger partial charge in [-0.3, -0.25) is 19.2 Å². The van der Waals surface area contributed by atoms with Crippen LogP contribution in [0.15, 0.2) is 0 Å². The largest absolute Gasteiger partial charge is 0.481 e. The standard InChI is InChI=1S/C14H24N4O8/c1-6(19)11(18-12(23)7(15)2-4-9(16)20)13(24)17-8(14(25)26)3-5-10(21)22/h6-8,11,19H,2-5,15H2,1H3,(H2,16,20)(H,17,24)(H,18,23)(H,21,22)(H,25,26). The van der Waals surface area contributed by atoms with Crippen molar-refractivity contribution in [1.82, 2.24) is 10.6 Å². The van der Waals surface area contributed by atoms with Gasteiger partial charge in [0.15, 0.2) is 0 Å². The van der Waals surface area contributed by atoms with Gasteiger partial charge in [0.05, 0.1) is 12.1 Å². The first kappa shape index (κ1) is 23.3. The molecule has 4 atom stereocenters. The zero-order valence-corrected chi connectivity index (χ0v) is 14.2. The normalized spacial score (nSPS) is 15.2. The molecular weight excluding hydrogens is 352 g/mol. The second-order valence-electron chi connectivity index (χ2n) is 5.67. The van der Waals surface area contributed by atoms with Gasteiger partial charge in [-0.25, -0.2) is 4.79 Å². The van der Waals surface area contributed by atoms with Crippen molar-refractivity contribution in [1.29, 1.82) is 0 Å². The molecule has 0 saturated heterocycles. The molecule has 0 aliphatic carbocycles. The van der Waals surface area contributed by atoms with Gasteiger partial charge in [0, 0.05) is 12.8 Å². The fourth-order valence-corrected chi connectivity index (χ4v) is 1.88. The van der Waals surface area contributed by atoms with Crippen molar-refractivity contribution in [2.45, 2.75) is 56.8 Å². The van der Waals surface area contributed by atoms with Crippen LogP contribution in [0.3, 0.4) is 0 Å². The van der Waals surface area contributed by atoms with Gasteiger partial charge >= 0.3 is 11.9 Å². The van der Waals surface area contributed by atoms with E-state index in [0.29, 0.717) is 0 Å². The number of primary amides is 1. The summed E-state index contributed by atoms with van der Waals surface area (Å²) < 4.78 is 0. The lowest BCUT2D eigenvalue weighted by Gasteiger charge is -2.24. The number of rotatable bonds is 12. The second-order valence-corrected chi connectivity index (χ2v) is 5.67. The van der Waals surface area contributed by atoms with E-state index in [2.05, 4.69) is 10.6 Å². The maximum atomic E-state index is 12.2. The summed E-state index contributed by atoms with van der Waals surface area (Å²) in [6.45, 7) is 1.19. The molecule has 0 spiro atoms. The lowest BCUT2D eigenvalue weighted by Crippen LogP contribution is -2.58. The van der Waals surface area contributed by atoms with Crippen molar-refractivity contribution in [2.75, 3.05) is 0 Å². The van der Waals surface area contributed by atoms with Gasteiger partial charge in [-0.05, 0) is 19.8 Å². The Morgan fingerprint density at radius 1 is 0.962 bits per heavy atom. The number of nitrogens with one attached hydrogen (secondary N) is 2. The zero-order chi connectivity index (χ0) is 20.4. The number of aliphatic carboxylic acids is 2. The summed E-state index contributed by atoms with van der Waals surface area (Å²) in [5, 5.41) is 31.5. The Morgan fingerprint density at radius 2 is 1.54 bits per heavy atom. The highest BCUT2D eigenvalue weighted by Crippen LogP contribution is 2.02. The van der Waals surface area contributed by atoms with Crippen molar-refractivity contribution < 1.29 is 39.3 Å². The Morgan fingerprint density at radius 3 is 1.96 bits per heavy atom. The molecule has 0 saturated carbocycles. The fraction of sp³-hybridized carbons (Fsp3) is 0.643. The third kappa shape index (κ3) is 8.94. The van der Waals surface area contributed by atoms with Crippen LogP contribution in [0, 0.1) is 0 Å². The predicted octanol–water partition coefficient (Wildman–Crippen LogP) is -3.12. The van der Waals surface area contributed by atoms with E-state index in [9.17, 15) is 29.1 Å². The van der Waals surface area contributed by atoms with E-state index in [-0.39, 0.29) is 19.3 Å². The van der Waals surface area contributed by atoms with Crippen molar-refractivity contribution in [2.24, 2.45) is 11.5 Å². The monoisotopic (exact) mass is 376 g/mol. The maximum absolute atomic E-state index is 12.2. The third-order valence-corrected chi connectivity index (χ3v) is 3.36. The molecule has 12 heteroatoms. The van der Waals surface area contributed by atoms with Gasteiger partial charge < -0.3 is 37.4 Å². The lowest BCUT2D eigenvalue weighted by molar-refractivity contribution is -0.144. The molecular formula is C14H24N4O8. The van der Waals surface area contributed by atoms with E-state index < -0.39 is 60.3 Å². The van der Waals surface area contributed by atoms with Crippen LogP contribution in [0.25, 0.3) is 0 Å². The van der Waals surface area contributed by atoms with Gasteiger partial charge in [0.1, 0.15) is 12.1 Å². The van der Waals surface area contributed by atoms with E-state index in [1.807, 2.05) is 0 Å². The fourth-order valence-electron chi connectivity index (χ4n) is 1.88. The Kier molecular flexibility index (Phi) is 9.84. The Bertz CT molecular complexity index is 551. The molecule has 0 aliphatic rings. The topological polar surface area (TPSA) is 222 Å². The summed E-state index contributed by atoms with van der Waals surface area (Å²) in [7, 11) is 0. The number of nitrogens with two attached hydrogens (primary N) is 2. The number of carbonyl (C=O) groups excluding carboxylic acids is 3. The second kappa shape index (κ2) is 11.0. The minimum absolute atomic E-state index is 0.0777. The van der Waals surface area contributed by atoms with E-state index >= 15 is 0 Å². The number of carboxylic acids is 2. The first-order valence-corrected chi connectivity index (χ1v) is 7.73. The van der Waals surface area contributed by atoms with Gasteiger partial charge in [-0.2, -0.15) is 0 Å². The van der Waals surface area contributed by atoms with Crippen LogP contribution in [0.4, 0.5) is 0 Å². The van der Waals surface area contributed by atoms with Crippen molar-refractivity contribution in [3.8, 4) is 0 Å². The van der Waals surface area contributed by atoms with Crippen LogP contribution in [0.5, 0.6) is 0 Å². The molecule has 0 bridgehead atoms. The van der Waals surface area contributed by atoms with Crippen molar-refractivity contribution in [3.05, 3.63) is 0 Å².